The number of allylic oxidation sites excluding steroid dienone is 36. The molecule has 1 atom stereocenters. The van der Waals surface area contributed by atoms with Crippen LogP contribution >= 0.6 is 0 Å². The van der Waals surface area contributed by atoms with Crippen molar-refractivity contribution in [3.8, 4) is 0 Å². The number of ether oxygens (including phenoxy) is 2. The van der Waals surface area contributed by atoms with E-state index in [0.29, 0.717) is 12.8 Å². The summed E-state index contributed by atoms with van der Waals surface area (Å²) in [6, 6.07) is 0. The van der Waals surface area contributed by atoms with Gasteiger partial charge in [-0.15, -0.1) is 0 Å². The SMILES string of the molecule is CC/C=C\C/C=C\C/C=C\C/C=C\C/C=C\C/C=C\C/C=C\C/C=C\C/C=C\C/C=C\CCCCCCCCCCC(=O)OC(CO)COC(=O)CCCCCCCCCCCC/C=C\C/C=C\C/C=C\C/C=C\C/C=C\C/C=C\C/C=C\C/C=C\CC. The Bertz CT molecular complexity index is 2100. The Morgan fingerprint density at radius 3 is 0.682 bits per heavy atom. The highest BCUT2D eigenvalue weighted by molar-refractivity contribution is 5.70. The van der Waals surface area contributed by atoms with Gasteiger partial charge in [0.2, 0.25) is 0 Å². The summed E-state index contributed by atoms with van der Waals surface area (Å²) in [5, 5.41) is 9.71. The molecule has 5 nitrogen and oxygen atoms in total. The van der Waals surface area contributed by atoms with Crippen molar-refractivity contribution in [2.24, 2.45) is 0 Å². The second-order valence-corrected chi connectivity index (χ2v) is 22.5. The zero-order valence-electron chi connectivity index (χ0n) is 56.1. The zero-order valence-corrected chi connectivity index (χ0v) is 56.1. The lowest BCUT2D eigenvalue weighted by molar-refractivity contribution is -0.161. The van der Waals surface area contributed by atoms with Gasteiger partial charge in [0.05, 0.1) is 6.61 Å². The van der Waals surface area contributed by atoms with Crippen molar-refractivity contribution >= 4 is 11.9 Å². The average molecular weight is 1210 g/mol. The monoisotopic (exact) mass is 1200 g/mol. The van der Waals surface area contributed by atoms with Gasteiger partial charge in [0, 0.05) is 12.8 Å². The van der Waals surface area contributed by atoms with Crippen LogP contribution in [-0.4, -0.2) is 36.4 Å². The molecule has 0 spiro atoms. The van der Waals surface area contributed by atoms with Crippen LogP contribution in [0.4, 0.5) is 0 Å². The van der Waals surface area contributed by atoms with Crippen molar-refractivity contribution in [2.75, 3.05) is 13.2 Å². The molecule has 0 aliphatic rings. The Labute approximate surface area is 542 Å². The highest BCUT2D eigenvalue weighted by atomic mass is 16.6. The Morgan fingerprint density at radius 1 is 0.261 bits per heavy atom. The first kappa shape index (κ1) is 82.2. The Kier molecular flexibility index (Phi) is 70.5. The van der Waals surface area contributed by atoms with E-state index in [2.05, 4.69) is 233 Å². The second kappa shape index (κ2) is 75.5. The van der Waals surface area contributed by atoms with Crippen molar-refractivity contribution in [3.63, 3.8) is 0 Å². The van der Waals surface area contributed by atoms with E-state index in [1.807, 2.05) is 0 Å². The lowest BCUT2D eigenvalue weighted by atomic mass is 10.1. The van der Waals surface area contributed by atoms with Crippen LogP contribution in [0.25, 0.3) is 0 Å². The first-order valence-electron chi connectivity index (χ1n) is 35.3. The number of esters is 2. The van der Waals surface area contributed by atoms with Crippen LogP contribution in [-0.2, 0) is 19.1 Å². The maximum absolute atomic E-state index is 12.4. The molecule has 0 aromatic rings. The van der Waals surface area contributed by atoms with E-state index in [4.69, 9.17) is 9.47 Å². The van der Waals surface area contributed by atoms with Crippen molar-refractivity contribution in [1.29, 1.82) is 0 Å². The minimum atomic E-state index is -0.797. The third kappa shape index (κ3) is 72.7. The average Bonchev–Trinajstić information content (AvgIpc) is 3.54. The number of aliphatic hydroxyl groups is 1. The molecule has 1 unspecified atom stereocenters. The second-order valence-electron chi connectivity index (χ2n) is 22.5. The lowest BCUT2D eigenvalue weighted by Crippen LogP contribution is -2.28. The fraction of sp³-hybridized carbons (Fsp3) is 0.542. The number of hydrogen-bond acceptors (Lipinski definition) is 5. The summed E-state index contributed by atoms with van der Waals surface area (Å²) >= 11 is 0. The number of carbonyl (C=O) groups is 2. The molecule has 0 aromatic heterocycles. The molecule has 490 valence electrons. The molecule has 5 heteroatoms. The van der Waals surface area contributed by atoms with Gasteiger partial charge in [-0.3, -0.25) is 9.59 Å². The maximum atomic E-state index is 12.4. The molecule has 0 fully saturated rings. The molecule has 0 amide bonds. The lowest BCUT2D eigenvalue weighted by Gasteiger charge is -2.15. The number of unbranched alkanes of at least 4 members (excludes halogenated alkanes) is 18. The largest absolute Gasteiger partial charge is 0.462 e. The Morgan fingerprint density at radius 2 is 0.455 bits per heavy atom. The van der Waals surface area contributed by atoms with Crippen LogP contribution in [0.2, 0.25) is 0 Å². The van der Waals surface area contributed by atoms with Gasteiger partial charge < -0.3 is 14.6 Å². The number of aliphatic hydroxyl groups excluding tert-OH is 1. The van der Waals surface area contributed by atoms with Crippen LogP contribution < -0.4 is 0 Å². The smallest absolute Gasteiger partial charge is 0.306 e. The Balaban J connectivity index is 3.62. The molecular formula is C83H128O5. The summed E-state index contributed by atoms with van der Waals surface area (Å²) in [5.74, 6) is -0.617. The van der Waals surface area contributed by atoms with Crippen molar-refractivity contribution < 1.29 is 24.2 Å². The third-order valence-electron chi connectivity index (χ3n) is 14.3. The summed E-state index contributed by atoms with van der Waals surface area (Å²) in [6.07, 6.45) is 122. The number of carbonyl (C=O) groups excluding carboxylic acids is 2. The van der Waals surface area contributed by atoms with E-state index < -0.39 is 6.10 Å². The highest BCUT2D eigenvalue weighted by Crippen LogP contribution is 2.15. The van der Waals surface area contributed by atoms with Crippen LogP contribution in [0.1, 0.15) is 271 Å². The highest BCUT2D eigenvalue weighted by Gasteiger charge is 2.16. The zero-order chi connectivity index (χ0) is 63.3. The van der Waals surface area contributed by atoms with Crippen LogP contribution in [0, 0.1) is 0 Å². The van der Waals surface area contributed by atoms with Gasteiger partial charge in [-0.05, 0) is 154 Å². The van der Waals surface area contributed by atoms with E-state index in [1.165, 1.54) is 83.5 Å². The van der Waals surface area contributed by atoms with Crippen molar-refractivity contribution in [2.45, 2.75) is 277 Å². The van der Waals surface area contributed by atoms with Gasteiger partial charge in [0.15, 0.2) is 6.10 Å². The molecule has 0 heterocycles. The minimum Gasteiger partial charge on any atom is -0.462 e. The van der Waals surface area contributed by atoms with Crippen LogP contribution in [0.15, 0.2) is 219 Å². The number of rotatable bonds is 62. The Hall–Kier alpha value is -5.78. The molecule has 88 heavy (non-hydrogen) atoms. The maximum Gasteiger partial charge on any atom is 0.306 e. The predicted molar refractivity (Wildman–Crippen MR) is 388 cm³/mol. The predicted octanol–water partition coefficient (Wildman–Crippen LogP) is 25.1. The van der Waals surface area contributed by atoms with E-state index in [9.17, 15) is 14.7 Å². The minimum absolute atomic E-state index is 0.0849. The van der Waals surface area contributed by atoms with Gasteiger partial charge in [-0.25, -0.2) is 0 Å². The van der Waals surface area contributed by atoms with Gasteiger partial charge in [-0.2, -0.15) is 0 Å². The summed E-state index contributed by atoms with van der Waals surface area (Å²) < 4.78 is 10.7. The number of hydrogen-bond donors (Lipinski definition) is 1. The third-order valence-corrected chi connectivity index (χ3v) is 14.3. The van der Waals surface area contributed by atoms with E-state index in [0.717, 1.165) is 161 Å². The summed E-state index contributed by atoms with van der Waals surface area (Å²) in [4.78, 5) is 24.7. The van der Waals surface area contributed by atoms with Gasteiger partial charge in [0.25, 0.3) is 0 Å². The molecule has 0 aliphatic carbocycles. The molecular weight excluding hydrogens is 1080 g/mol. The van der Waals surface area contributed by atoms with E-state index >= 15 is 0 Å². The van der Waals surface area contributed by atoms with Crippen molar-refractivity contribution in [1.82, 2.24) is 0 Å². The van der Waals surface area contributed by atoms with Gasteiger partial charge in [0.1, 0.15) is 6.61 Å². The molecule has 0 aromatic carbocycles. The fourth-order valence-corrected chi connectivity index (χ4v) is 9.07. The quantitative estimate of drug-likeness (QED) is 0.0373. The van der Waals surface area contributed by atoms with Gasteiger partial charge in [-0.1, -0.05) is 322 Å². The van der Waals surface area contributed by atoms with Crippen molar-refractivity contribution in [3.05, 3.63) is 219 Å². The topological polar surface area (TPSA) is 72.8 Å². The summed E-state index contributed by atoms with van der Waals surface area (Å²) in [6.45, 7) is 3.90. The molecule has 0 aliphatic heterocycles. The van der Waals surface area contributed by atoms with Crippen LogP contribution in [0.3, 0.4) is 0 Å². The molecule has 1 N–H and O–H groups in total. The normalized spacial score (nSPS) is 13.6. The molecule has 0 bridgehead atoms. The molecule has 0 radical (unpaired) electrons. The van der Waals surface area contributed by atoms with Gasteiger partial charge >= 0.3 is 11.9 Å². The fourth-order valence-electron chi connectivity index (χ4n) is 9.07. The first-order chi connectivity index (χ1) is 43.6. The molecule has 0 saturated heterocycles. The van der Waals surface area contributed by atoms with E-state index in [-0.39, 0.29) is 25.2 Å². The van der Waals surface area contributed by atoms with Crippen LogP contribution in [0.5, 0.6) is 0 Å². The first-order valence-corrected chi connectivity index (χ1v) is 35.3. The van der Waals surface area contributed by atoms with E-state index in [1.54, 1.807) is 0 Å². The summed E-state index contributed by atoms with van der Waals surface area (Å²) in [7, 11) is 0. The molecule has 0 saturated carbocycles. The standard InChI is InChI=1S/C83H128O5/c1-3-5-7-9-11-13-15-17-19-21-23-25-27-29-31-33-35-37-39-40-41-42-44-46-48-50-52-54-56-58-60-62-64-66-68-70-72-74-76-78-83(86)88-81(79-84)80-87-82(85)77-75-73-71-69-67-65-63-61-59-57-55-53-51-49-47-45-43-38-36-34-32-30-28-26-24-22-20-18-16-14-12-10-8-6-4-2/h5-8,11-14,17-20,23-26,29-32,35-38,40-41,44-47,50-53,56,58,81,84H,3-4,9-10,15-16,21-22,27-28,33-34,39,42-43,48-49,54-55,57,59-80H2,1-2H3/b7-5-,8-6-,13-11-,14-12-,19-17-,20-18-,25-23-,26-24-,31-29-,32-30-,37-35-,38-36-,41-40-,46-44-,47-45-,52-50-,53-51-,58-56-. The summed E-state index contributed by atoms with van der Waals surface area (Å²) in [5.41, 5.74) is 0. The molecule has 0 rings (SSSR count).